The summed E-state index contributed by atoms with van der Waals surface area (Å²) in [5.74, 6) is 0.264. The van der Waals surface area contributed by atoms with Gasteiger partial charge in [0.15, 0.2) is 0 Å². The number of carbonyl (C=O) groups is 1. The molecule has 0 aromatic heterocycles. The van der Waals surface area contributed by atoms with E-state index in [0.717, 1.165) is 31.5 Å². The number of rotatable bonds is 1. The Hall–Kier alpha value is -1.35. The first-order valence-corrected chi connectivity index (χ1v) is 6.87. The summed E-state index contributed by atoms with van der Waals surface area (Å²) >= 11 is 0. The molecule has 2 heterocycles. The number of hydrogen-bond acceptors (Lipinski definition) is 2. The van der Waals surface area contributed by atoms with E-state index in [1.54, 1.807) is 0 Å². The van der Waals surface area contributed by atoms with Crippen LogP contribution in [-0.2, 0) is 4.79 Å². The Bertz CT molecular complexity index is 458. The third-order valence-electron chi connectivity index (χ3n) is 4.21. The van der Waals surface area contributed by atoms with E-state index >= 15 is 0 Å². The molecule has 96 valence electrons. The number of aryl methyl sites for hydroxylation is 1. The molecule has 3 nitrogen and oxygen atoms in total. The number of hydrogen-bond donors (Lipinski definition) is 1. The van der Waals surface area contributed by atoms with Crippen molar-refractivity contribution in [2.24, 2.45) is 0 Å². The van der Waals surface area contributed by atoms with E-state index in [1.807, 2.05) is 12.1 Å². The van der Waals surface area contributed by atoms with Crippen molar-refractivity contribution in [1.29, 1.82) is 0 Å². The molecule has 2 unspecified atom stereocenters. The second kappa shape index (κ2) is 4.73. The van der Waals surface area contributed by atoms with E-state index in [1.165, 1.54) is 12.0 Å². The average molecular weight is 244 g/mol. The van der Waals surface area contributed by atoms with Gasteiger partial charge in [-0.15, -0.1) is 0 Å². The average Bonchev–Trinajstić information content (AvgIpc) is 2.41. The first-order valence-electron chi connectivity index (χ1n) is 6.87. The SMILES string of the molecule is Cc1ccccc1C1NCC2CCCCN2C1=O. The lowest BCUT2D eigenvalue weighted by atomic mass is 9.93. The molecule has 1 aromatic carbocycles. The summed E-state index contributed by atoms with van der Waals surface area (Å²) in [4.78, 5) is 14.7. The quantitative estimate of drug-likeness (QED) is 0.819. The molecule has 1 N–H and O–H groups in total. The predicted molar refractivity (Wildman–Crippen MR) is 71.3 cm³/mol. The third kappa shape index (κ3) is 1.93. The van der Waals surface area contributed by atoms with E-state index in [0.29, 0.717) is 6.04 Å². The van der Waals surface area contributed by atoms with Gasteiger partial charge in [-0.3, -0.25) is 4.79 Å². The van der Waals surface area contributed by atoms with Gasteiger partial charge in [0.25, 0.3) is 0 Å². The summed E-state index contributed by atoms with van der Waals surface area (Å²) in [6.07, 6.45) is 3.56. The van der Waals surface area contributed by atoms with Gasteiger partial charge in [-0.05, 0) is 37.3 Å². The minimum atomic E-state index is -0.138. The van der Waals surface area contributed by atoms with Crippen LogP contribution in [0.15, 0.2) is 24.3 Å². The van der Waals surface area contributed by atoms with Crippen molar-refractivity contribution in [2.75, 3.05) is 13.1 Å². The van der Waals surface area contributed by atoms with Crippen LogP contribution in [0.3, 0.4) is 0 Å². The molecular weight excluding hydrogens is 224 g/mol. The van der Waals surface area contributed by atoms with Crippen LogP contribution < -0.4 is 5.32 Å². The smallest absolute Gasteiger partial charge is 0.244 e. The standard InChI is InChI=1S/C15H20N2O/c1-11-6-2-3-8-13(11)14-15(18)17-9-5-4-7-12(17)10-16-14/h2-3,6,8,12,14,16H,4-5,7,9-10H2,1H3. The number of nitrogens with one attached hydrogen (secondary N) is 1. The summed E-state index contributed by atoms with van der Waals surface area (Å²) in [5, 5.41) is 3.43. The number of fused-ring (bicyclic) bond motifs is 1. The van der Waals surface area contributed by atoms with Gasteiger partial charge in [0.2, 0.25) is 5.91 Å². The fourth-order valence-electron chi connectivity index (χ4n) is 3.16. The molecule has 0 bridgehead atoms. The molecular formula is C15H20N2O. The lowest BCUT2D eigenvalue weighted by Gasteiger charge is -2.43. The zero-order valence-corrected chi connectivity index (χ0v) is 10.9. The lowest BCUT2D eigenvalue weighted by Crippen LogP contribution is -2.57. The van der Waals surface area contributed by atoms with Crippen molar-refractivity contribution in [1.82, 2.24) is 10.2 Å². The van der Waals surface area contributed by atoms with Crippen molar-refractivity contribution in [3.8, 4) is 0 Å². The van der Waals surface area contributed by atoms with Gasteiger partial charge in [-0.2, -0.15) is 0 Å². The molecule has 0 radical (unpaired) electrons. The van der Waals surface area contributed by atoms with Gasteiger partial charge >= 0.3 is 0 Å². The maximum absolute atomic E-state index is 12.6. The van der Waals surface area contributed by atoms with Crippen LogP contribution in [0.25, 0.3) is 0 Å². The first kappa shape index (κ1) is 11.7. The minimum absolute atomic E-state index is 0.138. The van der Waals surface area contributed by atoms with Crippen LogP contribution in [0, 0.1) is 6.92 Å². The van der Waals surface area contributed by atoms with Crippen LogP contribution in [0.5, 0.6) is 0 Å². The van der Waals surface area contributed by atoms with Gasteiger partial charge in [-0.1, -0.05) is 24.3 Å². The van der Waals surface area contributed by atoms with Crippen molar-refractivity contribution >= 4 is 5.91 Å². The summed E-state index contributed by atoms with van der Waals surface area (Å²) in [5.41, 5.74) is 2.32. The maximum Gasteiger partial charge on any atom is 0.244 e. The summed E-state index contributed by atoms with van der Waals surface area (Å²) in [6.45, 7) is 3.95. The van der Waals surface area contributed by atoms with E-state index in [4.69, 9.17) is 0 Å². The van der Waals surface area contributed by atoms with Crippen molar-refractivity contribution in [3.63, 3.8) is 0 Å². The number of piperazine rings is 1. The molecule has 1 amide bonds. The number of nitrogens with zero attached hydrogens (tertiary/aromatic N) is 1. The van der Waals surface area contributed by atoms with Crippen LogP contribution in [0.4, 0.5) is 0 Å². The molecule has 0 spiro atoms. The molecule has 1 aromatic rings. The van der Waals surface area contributed by atoms with Crippen molar-refractivity contribution < 1.29 is 4.79 Å². The Morgan fingerprint density at radius 3 is 2.94 bits per heavy atom. The topological polar surface area (TPSA) is 32.3 Å². The van der Waals surface area contributed by atoms with Crippen molar-refractivity contribution in [2.45, 2.75) is 38.3 Å². The minimum Gasteiger partial charge on any atom is -0.337 e. The van der Waals surface area contributed by atoms with Crippen LogP contribution >= 0.6 is 0 Å². The summed E-state index contributed by atoms with van der Waals surface area (Å²) in [6, 6.07) is 8.46. The van der Waals surface area contributed by atoms with E-state index in [-0.39, 0.29) is 11.9 Å². The number of carbonyl (C=O) groups excluding carboxylic acids is 1. The highest BCUT2D eigenvalue weighted by Crippen LogP contribution is 2.28. The molecule has 3 rings (SSSR count). The molecule has 2 atom stereocenters. The number of benzene rings is 1. The molecule has 2 aliphatic heterocycles. The van der Waals surface area contributed by atoms with E-state index in [2.05, 4.69) is 29.3 Å². The van der Waals surface area contributed by atoms with Gasteiger partial charge in [0, 0.05) is 19.1 Å². The Morgan fingerprint density at radius 1 is 1.28 bits per heavy atom. The second-order valence-corrected chi connectivity index (χ2v) is 5.38. The van der Waals surface area contributed by atoms with Crippen LogP contribution in [-0.4, -0.2) is 29.9 Å². The Morgan fingerprint density at radius 2 is 2.11 bits per heavy atom. The summed E-state index contributed by atoms with van der Waals surface area (Å²) in [7, 11) is 0. The van der Waals surface area contributed by atoms with Crippen LogP contribution in [0.1, 0.15) is 36.4 Å². The second-order valence-electron chi connectivity index (χ2n) is 5.38. The maximum atomic E-state index is 12.6. The zero-order chi connectivity index (χ0) is 12.5. The zero-order valence-electron chi connectivity index (χ0n) is 10.9. The summed E-state index contributed by atoms with van der Waals surface area (Å²) < 4.78 is 0. The fourth-order valence-corrected chi connectivity index (χ4v) is 3.16. The predicted octanol–water partition coefficient (Wildman–Crippen LogP) is 2.02. The molecule has 0 saturated carbocycles. The highest BCUT2D eigenvalue weighted by molar-refractivity contribution is 5.85. The Labute approximate surface area is 108 Å². The van der Waals surface area contributed by atoms with Gasteiger partial charge in [0.05, 0.1) is 0 Å². The molecule has 2 saturated heterocycles. The molecule has 2 fully saturated rings. The Kier molecular flexibility index (Phi) is 3.08. The Balaban J connectivity index is 1.86. The third-order valence-corrected chi connectivity index (χ3v) is 4.21. The molecule has 18 heavy (non-hydrogen) atoms. The van der Waals surface area contributed by atoms with E-state index in [9.17, 15) is 4.79 Å². The molecule has 2 aliphatic rings. The lowest BCUT2D eigenvalue weighted by molar-refractivity contribution is -0.140. The van der Waals surface area contributed by atoms with Crippen LogP contribution in [0.2, 0.25) is 0 Å². The normalized spacial score (nSPS) is 28.1. The van der Waals surface area contributed by atoms with Gasteiger partial charge in [-0.25, -0.2) is 0 Å². The number of piperidine rings is 1. The molecule has 3 heteroatoms. The highest BCUT2D eigenvalue weighted by Gasteiger charge is 2.37. The monoisotopic (exact) mass is 244 g/mol. The van der Waals surface area contributed by atoms with E-state index < -0.39 is 0 Å². The molecule has 0 aliphatic carbocycles. The highest BCUT2D eigenvalue weighted by atomic mass is 16.2. The fraction of sp³-hybridized carbons (Fsp3) is 0.533. The van der Waals surface area contributed by atoms with Gasteiger partial charge in [0.1, 0.15) is 6.04 Å². The number of amides is 1. The van der Waals surface area contributed by atoms with Crippen molar-refractivity contribution in [3.05, 3.63) is 35.4 Å². The van der Waals surface area contributed by atoms with Gasteiger partial charge < -0.3 is 10.2 Å². The first-order chi connectivity index (χ1) is 8.77. The largest absolute Gasteiger partial charge is 0.337 e.